The Labute approximate surface area is 174 Å². The van der Waals surface area contributed by atoms with E-state index in [1.54, 1.807) is 43.1 Å². The van der Waals surface area contributed by atoms with Gasteiger partial charge in [-0.3, -0.25) is 4.79 Å². The maximum Gasteiger partial charge on any atom is 0.259 e. The quantitative estimate of drug-likeness (QED) is 0.539. The number of ether oxygens (including phenoxy) is 2. The first-order valence-electron chi connectivity index (χ1n) is 9.46. The molecule has 152 valence electrons. The standard InChI is InChI=1S/C23H22N4O3/c1-14-21(16-8-6-5-7-9-16)22-24-13-20(15(2)27(22)26-14)23(28)25-17-10-18(29-3)12-19(11-17)30-4/h5-13H,1-4H3,(H,25,28). The average molecular weight is 402 g/mol. The van der Waals surface area contributed by atoms with Crippen LogP contribution >= 0.6 is 0 Å². The third-order valence-corrected chi connectivity index (χ3v) is 4.98. The van der Waals surface area contributed by atoms with Crippen LogP contribution in [-0.4, -0.2) is 34.7 Å². The Hall–Kier alpha value is -3.87. The molecule has 2 heterocycles. The summed E-state index contributed by atoms with van der Waals surface area (Å²) >= 11 is 0. The fourth-order valence-electron chi connectivity index (χ4n) is 3.45. The minimum Gasteiger partial charge on any atom is -0.497 e. The van der Waals surface area contributed by atoms with Crippen LogP contribution in [0.2, 0.25) is 0 Å². The van der Waals surface area contributed by atoms with Gasteiger partial charge in [-0.25, -0.2) is 9.50 Å². The van der Waals surface area contributed by atoms with Crippen LogP contribution in [0.25, 0.3) is 16.8 Å². The molecule has 1 amide bonds. The predicted octanol–water partition coefficient (Wildman–Crippen LogP) is 4.28. The molecule has 2 aromatic carbocycles. The van der Waals surface area contributed by atoms with Crippen LogP contribution in [0.5, 0.6) is 11.5 Å². The zero-order valence-electron chi connectivity index (χ0n) is 17.3. The normalized spacial score (nSPS) is 10.8. The minimum absolute atomic E-state index is 0.286. The monoisotopic (exact) mass is 402 g/mol. The first kappa shape index (κ1) is 19.4. The summed E-state index contributed by atoms with van der Waals surface area (Å²) < 4.78 is 12.3. The van der Waals surface area contributed by atoms with Crippen LogP contribution in [0.15, 0.2) is 54.7 Å². The zero-order chi connectivity index (χ0) is 21.3. The molecule has 0 aliphatic heterocycles. The highest BCUT2D eigenvalue weighted by molar-refractivity contribution is 6.05. The number of aromatic nitrogens is 3. The van der Waals surface area contributed by atoms with Crippen molar-refractivity contribution in [3.63, 3.8) is 0 Å². The Morgan fingerprint density at radius 3 is 2.30 bits per heavy atom. The van der Waals surface area contributed by atoms with Gasteiger partial charge in [-0.1, -0.05) is 30.3 Å². The summed E-state index contributed by atoms with van der Waals surface area (Å²) in [5, 5.41) is 7.51. The average Bonchev–Trinajstić information content (AvgIpc) is 3.11. The van der Waals surface area contributed by atoms with Crippen LogP contribution in [0, 0.1) is 13.8 Å². The first-order valence-corrected chi connectivity index (χ1v) is 9.46. The summed E-state index contributed by atoms with van der Waals surface area (Å²) in [6.45, 7) is 3.80. The number of amides is 1. The van der Waals surface area contributed by atoms with E-state index in [1.165, 1.54) is 0 Å². The lowest BCUT2D eigenvalue weighted by Crippen LogP contribution is -2.16. The van der Waals surface area contributed by atoms with Crippen molar-refractivity contribution in [2.45, 2.75) is 13.8 Å². The SMILES string of the molecule is COc1cc(NC(=O)c2cnc3c(-c4ccccc4)c(C)nn3c2C)cc(OC)c1. The van der Waals surface area contributed by atoms with Gasteiger partial charge in [0.2, 0.25) is 0 Å². The van der Waals surface area contributed by atoms with Gasteiger partial charge in [0.15, 0.2) is 5.65 Å². The number of fused-ring (bicyclic) bond motifs is 1. The van der Waals surface area contributed by atoms with E-state index in [0.29, 0.717) is 28.4 Å². The first-order chi connectivity index (χ1) is 14.5. The molecule has 0 saturated heterocycles. The predicted molar refractivity (Wildman–Crippen MR) is 115 cm³/mol. The lowest BCUT2D eigenvalue weighted by molar-refractivity contribution is 0.102. The Morgan fingerprint density at radius 1 is 1.00 bits per heavy atom. The fourth-order valence-corrected chi connectivity index (χ4v) is 3.45. The third-order valence-electron chi connectivity index (χ3n) is 4.98. The van der Waals surface area contributed by atoms with Crippen molar-refractivity contribution < 1.29 is 14.3 Å². The van der Waals surface area contributed by atoms with Gasteiger partial charge < -0.3 is 14.8 Å². The van der Waals surface area contributed by atoms with Crippen molar-refractivity contribution in [1.82, 2.24) is 14.6 Å². The highest BCUT2D eigenvalue weighted by Crippen LogP contribution is 2.29. The molecule has 0 radical (unpaired) electrons. The van der Waals surface area contributed by atoms with E-state index in [-0.39, 0.29) is 5.91 Å². The second-order valence-electron chi connectivity index (χ2n) is 6.87. The molecule has 1 N–H and O–H groups in total. The summed E-state index contributed by atoms with van der Waals surface area (Å²) in [7, 11) is 3.12. The Kier molecular flexibility index (Phi) is 5.10. The maximum absolute atomic E-state index is 13.0. The van der Waals surface area contributed by atoms with Crippen LogP contribution in [0.1, 0.15) is 21.7 Å². The molecular weight excluding hydrogens is 380 g/mol. The van der Waals surface area contributed by atoms with Gasteiger partial charge in [0.05, 0.1) is 31.2 Å². The molecule has 0 saturated carbocycles. The molecule has 0 bridgehead atoms. The highest BCUT2D eigenvalue weighted by atomic mass is 16.5. The zero-order valence-corrected chi connectivity index (χ0v) is 17.3. The van der Waals surface area contributed by atoms with Crippen molar-refractivity contribution in [3.05, 3.63) is 71.7 Å². The van der Waals surface area contributed by atoms with Crippen LogP contribution in [0.3, 0.4) is 0 Å². The molecule has 2 aromatic heterocycles. The number of nitrogens with zero attached hydrogens (tertiary/aromatic N) is 3. The number of benzene rings is 2. The molecule has 0 unspecified atom stereocenters. The molecule has 0 fully saturated rings. The topological polar surface area (TPSA) is 77.8 Å². The number of rotatable bonds is 5. The van der Waals surface area contributed by atoms with Gasteiger partial charge in [0, 0.05) is 35.6 Å². The number of anilines is 1. The number of carbonyl (C=O) groups excluding carboxylic acids is 1. The number of hydrogen-bond donors (Lipinski definition) is 1. The maximum atomic E-state index is 13.0. The summed E-state index contributed by atoms with van der Waals surface area (Å²) in [4.78, 5) is 17.5. The second kappa shape index (κ2) is 7.87. The van der Waals surface area contributed by atoms with Crippen molar-refractivity contribution in [2.75, 3.05) is 19.5 Å². The highest BCUT2D eigenvalue weighted by Gasteiger charge is 2.19. The van der Waals surface area contributed by atoms with Gasteiger partial charge >= 0.3 is 0 Å². The van der Waals surface area contributed by atoms with E-state index in [9.17, 15) is 4.79 Å². The largest absolute Gasteiger partial charge is 0.497 e. The van der Waals surface area contributed by atoms with Crippen molar-refractivity contribution in [3.8, 4) is 22.6 Å². The van der Waals surface area contributed by atoms with Gasteiger partial charge in [0.25, 0.3) is 5.91 Å². The van der Waals surface area contributed by atoms with E-state index in [1.807, 2.05) is 44.2 Å². The summed E-state index contributed by atoms with van der Waals surface area (Å²) in [5.41, 5.74) is 5.28. The smallest absolute Gasteiger partial charge is 0.259 e. The summed E-state index contributed by atoms with van der Waals surface area (Å²) in [5.74, 6) is 0.891. The van der Waals surface area contributed by atoms with Gasteiger partial charge in [-0.15, -0.1) is 0 Å². The number of aryl methyl sites for hydroxylation is 2. The number of methoxy groups -OCH3 is 2. The van der Waals surface area contributed by atoms with Gasteiger partial charge in [-0.2, -0.15) is 5.10 Å². The van der Waals surface area contributed by atoms with Crippen LogP contribution in [0.4, 0.5) is 5.69 Å². The van der Waals surface area contributed by atoms with Crippen molar-refractivity contribution >= 4 is 17.2 Å². The Morgan fingerprint density at radius 2 is 1.67 bits per heavy atom. The number of hydrogen-bond acceptors (Lipinski definition) is 5. The van der Waals surface area contributed by atoms with E-state index in [4.69, 9.17) is 9.47 Å². The molecule has 0 spiro atoms. The second-order valence-corrected chi connectivity index (χ2v) is 6.87. The minimum atomic E-state index is -0.286. The fraction of sp³-hybridized carbons (Fsp3) is 0.174. The lowest BCUT2D eigenvalue weighted by atomic mass is 10.1. The number of carbonyl (C=O) groups is 1. The van der Waals surface area contributed by atoms with Gasteiger partial charge in [-0.05, 0) is 19.4 Å². The molecule has 30 heavy (non-hydrogen) atoms. The van der Waals surface area contributed by atoms with E-state index in [2.05, 4.69) is 15.4 Å². The van der Waals surface area contributed by atoms with E-state index < -0.39 is 0 Å². The molecular formula is C23H22N4O3. The van der Waals surface area contributed by atoms with Crippen molar-refractivity contribution in [2.24, 2.45) is 0 Å². The van der Waals surface area contributed by atoms with Crippen LogP contribution in [-0.2, 0) is 0 Å². The molecule has 0 atom stereocenters. The molecule has 7 heteroatoms. The van der Waals surface area contributed by atoms with Crippen LogP contribution < -0.4 is 14.8 Å². The lowest BCUT2D eigenvalue weighted by Gasteiger charge is -2.11. The van der Waals surface area contributed by atoms with Crippen molar-refractivity contribution in [1.29, 1.82) is 0 Å². The summed E-state index contributed by atoms with van der Waals surface area (Å²) in [6.07, 6.45) is 1.59. The molecule has 0 aliphatic carbocycles. The van der Waals surface area contributed by atoms with Gasteiger partial charge in [0.1, 0.15) is 11.5 Å². The van der Waals surface area contributed by atoms with E-state index in [0.717, 1.165) is 22.5 Å². The Bertz CT molecular complexity index is 1210. The molecule has 0 aliphatic rings. The van der Waals surface area contributed by atoms with E-state index >= 15 is 0 Å². The molecule has 4 aromatic rings. The molecule has 4 rings (SSSR count). The number of nitrogens with one attached hydrogen (secondary N) is 1. The summed E-state index contributed by atoms with van der Waals surface area (Å²) in [6, 6.07) is 15.2. The third kappa shape index (κ3) is 3.45. The molecule has 7 nitrogen and oxygen atoms in total. The Balaban J connectivity index is 1.72.